The predicted octanol–water partition coefficient (Wildman–Crippen LogP) is 2.98. The maximum absolute atomic E-state index is 12.9. The number of hydrogen-bond donors (Lipinski definition) is 2. The topological polar surface area (TPSA) is 85.8 Å². The molecule has 0 aliphatic carbocycles. The van der Waals surface area contributed by atoms with Crippen LogP contribution in [-0.4, -0.2) is 26.0 Å². The van der Waals surface area contributed by atoms with Crippen molar-refractivity contribution in [3.05, 3.63) is 47.6 Å². The number of nitrogens with one attached hydrogen (secondary N) is 1. The van der Waals surface area contributed by atoms with E-state index in [4.69, 9.17) is 5.84 Å². The van der Waals surface area contributed by atoms with Gasteiger partial charge in [-0.25, -0.2) is 9.07 Å². The number of aromatic nitrogens is 3. The van der Waals surface area contributed by atoms with E-state index in [0.717, 1.165) is 4.88 Å². The minimum Gasteiger partial charge on any atom is -0.335 e. The molecule has 0 saturated heterocycles. The van der Waals surface area contributed by atoms with Crippen LogP contribution in [0, 0.1) is 5.82 Å². The second-order valence-corrected chi connectivity index (χ2v) is 7.17. The maximum atomic E-state index is 12.9. The average molecular weight is 363 g/mol. The first-order valence-corrected chi connectivity index (χ1v) is 8.78. The number of nitrogens with zero attached hydrogens (tertiary/aromatic N) is 3. The lowest BCUT2D eigenvalue weighted by Gasteiger charge is -2.11. The van der Waals surface area contributed by atoms with Crippen LogP contribution in [0.2, 0.25) is 0 Å². The molecule has 124 valence electrons. The Bertz CT molecular complexity index is 832. The summed E-state index contributed by atoms with van der Waals surface area (Å²) in [5, 5.41) is 12.8. The van der Waals surface area contributed by atoms with Crippen molar-refractivity contribution in [2.24, 2.45) is 0 Å². The number of halogens is 1. The van der Waals surface area contributed by atoms with Crippen LogP contribution in [0.1, 0.15) is 6.92 Å². The normalized spacial score (nSPS) is 12.1. The lowest BCUT2D eigenvalue weighted by Crippen LogP contribution is -2.23. The number of hydrogen-bond acceptors (Lipinski definition) is 6. The first-order valence-electron chi connectivity index (χ1n) is 7.02. The summed E-state index contributed by atoms with van der Waals surface area (Å²) in [5.41, 5.74) is 0.530. The fraction of sp³-hybridized carbons (Fsp3) is 0.133. The van der Waals surface area contributed by atoms with E-state index < -0.39 is 5.25 Å². The molecule has 1 amide bonds. The molecule has 0 spiro atoms. The highest BCUT2D eigenvalue weighted by Crippen LogP contribution is 2.27. The number of thioether (sulfide) groups is 1. The van der Waals surface area contributed by atoms with Gasteiger partial charge < -0.3 is 11.2 Å². The van der Waals surface area contributed by atoms with E-state index in [9.17, 15) is 9.18 Å². The summed E-state index contributed by atoms with van der Waals surface area (Å²) in [5.74, 6) is 5.99. The van der Waals surface area contributed by atoms with Crippen molar-refractivity contribution in [2.45, 2.75) is 17.3 Å². The number of amides is 1. The molecule has 6 nitrogen and oxygen atoms in total. The van der Waals surface area contributed by atoms with E-state index in [1.54, 1.807) is 6.92 Å². The third-order valence-electron chi connectivity index (χ3n) is 3.17. The van der Waals surface area contributed by atoms with Gasteiger partial charge in [0.25, 0.3) is 0 Å². The fourth-order valence-electron chi connectivity index (χ4n) is 1.92. The highest BCUT2D eigenvalue weighted by molar-refractivity contribution is 8.00. The molecule has 3 aromatic rings. The van der Waals surface area contributed by atoms with Crippen molar-refractivity contribution in [1.29, 1.82) is 0 Å². The Morgan fingerprint density at radius 2 is 2.08 bits per heavy atom. The first-order chi connectivity index (χ1) is 11.5. The average Bonchev–Trinajstić information content (AvgIpc) is 3.20. The molecule has 0 saturated carbocycles. The molecular weight excluding hydrogens is 349 g/mol. The van der Waals surface area contributed by atoms with Crippen molar-refractivity contribution in [1.82, 2.24) is 14.9 Å². The third kappa shape index (κ3) is 3.57. The largest absolute Gasteiger partial charge is 0.335 e. The van der Waals surface area contributed by atoms with Gasteiger partial charge in [-0.15, -0.1) is 21.5 Å². The highest BCUT2D eigenvalue weighted by Gasteiger charge is 2.20. The second-order valence-electron chi connectivity index (χ2n) is 4.91. The minimum absolute atomic E-state index is 0.229. The van der Waals surface area contributed by atoms with Gasteiger partial charge in [0, 0.05) is 5.69 Å². The van der Waals surface area contributed by atoms with E-state index in [1.807, 2.05) is 17.5 Å². The van der Waals surface area contributed by atoms with E-state index in [1.165, 1.54) is 52.0 Å². The highest BCUT2D eigenvalue weighted by atomic mass is 32.2. The van der Waals surface area contributed by atoms with Gasteiger partial charge in [-0.1, -0.05) is 17.8 Å². The van der Waals surface area contributed by atoms with Crippen LogP contribution in [0.15, 0.2) is 46.9 Å². The molecule has 0 radical (unpaired) electrons. The van der Waals surface area contributed by atoms with Crippen LogP contribution in [0.5, 0.6) is 0 Å². The number of carbonyl (C=O) groups excluding carboxylic acids is 1. The van der Waals surface area contributed by atoms with E-state index >= 15 is 0 Å². The lowest BCUT2D eigenvalue weighted by molar-refractivity contribution is -0.115. The number of carbonyl (C=O) groups is 1. The Kier molecular flexibility index (Phi) is 4.81. The van der Waals surface area contributed by atoms with Gasteiger partial charge >= 0.3 is 0 Å². The van der Waals surface area contributed by atoms with E-state index in [0.29, 0.717) is 16.7 Å². The Morgan fingerprint density at radius 3 is 2.75 bits per heavy atom. The Balaban J connectivity index is 1.67. The van der Waals surface area contributed by atoms with Crippen LogP contribution in [0.3, 0.4) is 0 Å². The van der Waals surface area contributed by atoms with Crippen LogP contribution in [0.25, 0.3) is 10.7 Å². The number of nitrogen functional groups attached to an aromatic ring is 1. The summed E-state index contributed by atoms with van der Waals surface area (Å²) < 4.78 is 14.3. The molecule has 1 atom stereocenters. The quantitative estimate of drug-likeness (QED) is 0.538. The van der Waals surface area contributed by atoms with Crippen molar-refractivity contribution in [3.8, 4) is 10.7 Å². The summed E-state index contributed by atoms with van der Waals surface area (Å²) in [4.78, 5) is 13.1. The van der Waals surface area contributed by atoms with Gasteiger partial charge in [0.1, 0.15) is 5.82 Å². The summed E-state index contributed by atoms with van der Waals surface area (Å²) >= 11 is 2.71. The van der Waals surface area contributed by atoms with Crippen molar-refractivity contribution < 1.29 is 9.18 Å². The molecule has 9 heteroatoms. The van der Waals surface area contributed by atoms with E-state index in [2.05, 4.69) is 15.5 Å². The summed E-state index contributed by atoms with van der Waals surface area (Å²) in [6.07, 6.45) is 0. The zero-order valence-corrected chi connectivity index (χ0v) is 14.3. The standard InChI is InChI=1S/C15H14FN5OS2/c1-9(14(22)18-11-6-4-10(16)5-7-11)24-15-20-19-13(21(15)17)12-3-2-8-23-12/h2-9H,17H2,1H3,(H,18,22)/t9-/m1/s1. The Labute approximate surface area is 145 Å². The summed E-state index contributed by atoms with van der Waals surface area (Å²) in [6, 6.07) is 9.39. The van der Waals surface area contributed by atoms with Gasteiger partial charge in [0.05, 0.1) is 10.1 Å². The molecule has 0 unspecified atom stereocenters. The molecular formula is C15H14FN5OS2. The summed E-state index contributed by atoms with van der Waals surface area (Å²) in [7, 11) is 0. The Morgan fingerprint density at radius 1 is 1.33 bits per heavy atom. The minimum atomic E-state index is -0.447. The first kappa shape index (κ1) is 16.5. The third-order valence-corrected chi connectivity index (χ3v) is 5.09. The number of nitrogens with two attached hydrogens (primary N) is 1. The number of anilines is 1. The van der Waals surface area contributed by atoms with Crippen LogP contribution >= 0.6 is 23.1 Å². The lowest BCUT2D eigenvalue weighted by atomic mass is 10.3. The van der Waals surface area contributed by atoms with Crippen LogP contribution < -0.4 is 11.2 Å². The molecule has 0 aliphatic rings. The molecule has 0 fully saturated rings. The zero-order valence-electron chi connectivity index (χ0n) is 12.6. The van der Waals surface area contributed by atoms with Crippen LogP contribution in [0.4, 0.5) is 10.1 Å². The van der Waals surface area contributed by atoms with Crippen molar-refractivity contribution in [3.63, 3.8) is 0 Å². The van der Waals surface area contributed by atoms with Gasteiger partial charge in [-0.2, -0.15) is 0 Å². The molecule has 3 N–H and O–H groups in total. The van der Waals surface area contributed by atoms with Gasteiger partial charge in [0.15, 0.2) is 5.82 Å². The van der Waals surface area contributed by atoms with Gasteiger partial charge in [-0.05, 0) is 42.6 Å². The number of benzene rings is 1. The molecule has 2 heterocycles. The molecule has 3 rings (SSSR count). The second kappa shape index (κ2) is 7.02. The smallest absolute Gasteiger partial charge is 0.237 e. The monoisotopic (exact) mass is 363 g/mol. The molecule has 0 bridgehead atoms. The molecule has 0 aliphatic heterocycles. The zero-order chi connectivity index (χ0) is 17.1. The van der Waals surface area contributed by atoms with E-state index in [-0.39, 0.29) is 11.7 Å². The van der Waals surface area contributed by atoms with Gasteiger partial charge in [0.2, 0.25) is 11.1 Å². The number of thiophene rings is 1. The summed E-state index contributed by atoms with van der Waals surface area (Å²) in [6.45, 7) is 1.74. The maximum Gasteiger partial charge on any atom is 0.237 e. The van der Waals surface area contributed by atoms with Crippen molar-refractivity contribution in [2.75, 3.05) is 11.2 Å². The predicted molar refractivity (Wildman–Crippen MR) is 93.8 cm³/mol. The number of rotatable bonds is 5. The Hall–Kier alpha value is -2.39. The molecule has 2 aromatic heterocycles. The molecule has 24 heavy (non-hydrogen) atoms. The van der Waals surface area contributed by atoms with Crippen LogP contribution in [-0.2, 0) is 4.79 Å². The SMILES string of the molecule is C[C@@H](Sc1nnc(-c2cccs2)n1N)C(=O)Nc1ccc(F)cc1. The van der Waals surface area contributed by atoms with Gasteiger partial charge in [-0.3, -0.25) is 4.79 Å². The van der Waals surface area contributed by atoms with Crippen molar-refractivity contribution >= 4 is 34.7 Å². The fourth-order valence-corrected chi connectivity index (χ4v) is 3.40. The molecule has 1 aromatic carbocycles.